The molecule has 0 aliphatic carbocycles. The average Bonchev–Trinajstić information content (AvgIpc) is 2.39. The molecule has 0 atom stereocenters. The number of rotatable bonds is 5. The lowest BCUT2D eigenvalue weighted by atomic mass is 10.0. The number of hydrazone groups is 1. The first-order valence-electron chi connectivity index (χ1n) is 6.19. The molecule has 0 unspecified atom stereocenters. The zero-order valence-electron chi connectivity index (χ0n) is 11.9. The van der Waals surface area contributed by atoms with Gasteiger partial charge in [-0.2, -0.15) is 5.10 Å². The second-order valence-corrected chi connectivity index (χ2v) is 4.77. The van der Waals surface area contributed by atoms with E-state index in [1.165, 1.54) is 11.1 Å². The molecule has 1 rings (SSSR count). The summed E-state index contributed by atoms with van der Waals surface area (Å²) in [4.78, 5) is 0. The topological polar surface area (TPSA) is 45.6 Å². The highest BCUT2D eigenvalue weighted by Gasteiger charge is 2.00. The van der Waals surface area contributed by atoms with Gasteiger partial charge >= 0.3 is 0 Å². The van der Waals surface area contributed by atoms with Crippen molar-refractivity contribution in [3.8, 4) is 0 Å². The minimum Gasteiger partial charge on any atom is -0.383 e. The largest absolute Gasteiger partial charge is 0.383 e. The highest BCUT2D eigenvalue weighted by Crippen LogP contribution is 2.10. The molecule has 0 fully saturated rings. The fourth-order valence-corrected chi connectivity index (χ4v) is 1.62. The number of benzene rings is 1. The van der Waals surface area contributed by atoms with Crippen molar-refractivity contribution in [1.29, 1.82) is 0 Å². The predicted molar refractivity (Wildman–Crippen MR) is 83.7 cm³/mol. The third kappa shape index (κ3) is 5.36. The number of thiocarbonyl (C=S) groups is 1. The highest BCUT2D eigenvalue weighted by atomic mass is 32.1. The number of hydrogen-bond donors (Lipinski definition) is 2. The SMILES string of the molecule is COCCNC(=S)N/N=C(\C)c1ccc(C)c(C)c1. The Morgan fingerprint density at radius 1 is 1.32 bits per heavy atom. The molecule has 0 bridgehead atoms. The first-order chi connectivity index (χ1) is 9.04. The lowest BCUT2D eigenvalue weighted by molar-refractivity contribution is 0.204. The van der Waals surface area contributed by atoms with E-state index in [4.69, 9.17) is 17.0 Å². The van der Waals surface area contributed by atoms with Crippen LogP contribution in [0.15, 0.2) is 23.3 Å². The van der Waals surface area contributed by atoms with E-state index < -0.39 is 0 Å². The third-order valence-electron chi connectivity index (χ3n) is 2.84. The van der Waals surface area contributed by atoms with Crippen LogP contribution in [0, 0.1) is 13.8 Å². The van der Waals surface area contributed by atoms with Gasteiger partial charge in [0.25, 0.3) is 0 Å². The molecule has 0 heterocycles. The summed E-state index contributed by atoms with van der Waals surface area (Å²) in [6.07, 6.45) is 0. The predicted octanol–water partition coefficient (Wildman–Crippen LogP) is 2.14. The number of nitrogens with one attached hydrogen (secondary N) is 2. The van der Waals surface area contributed by atoms with E-state index >= 15 is 0 Å². The van der Waals surface area contributed by atoms with Gasteiger partial charge in [0.15, 0.2) is 5.11 Å². The van der Waals surface area contributed by atoms with Crippen LogP contribution in [0.1, 0.15) is 23.6 Å². The van der Waals surface area contributed by atoms with E-state index in [1.54, 1.807) is 7.11 Å². The summed E-state index contributed by atoms with van der Waals surface area (Å²) in [6, 6.07) is 6.28. The van der Waals surface area contributed by atoms with Gasteiger partial charge in [-0.1, -0.05) is 12.1 Å². The van der Waals surface area contributed by atoms with E-state index in [9.17, 15) is 0 Å². The molecule has 2 N–H and O–H groups in total. The zero-order valence-corrected chi connectivity index (χ0v) is 12.7. The molecule has 19 heavy (non-hydrogen) atoms. The van der Waals surface area contributed by atoms with Gasteiger partial charge in [0.05, 0.1) is 12.3 Å². The van der Waals surface area contributed by atoms with Gasteiger partial charge in [0.2, 0.25) is 0 Å². The standard InChI is InChI=1S/C14H21N3OS/c1-10-5-6-13(9-11(10)2)12(3)16-17-14(19)15-7-8-18-4/h5-6,9H,7-8H2,1-4H3,(H2,15,17,19)/b16-12+. The Hall–Kier alpha value is -1.46. The molecule has 0 aliphatic heterocycles. The van der Waals surface area contributed by atoms with Crippen LogP contribution in [0.5, 0.6) is 0 Å². The summed E-state index contributed by atoms with van der Waals surface area (Å²) >= 11 is 5.10. The molecule has 5 heteroatoms. The van der Waals surface area contributed by atoms with Crippen molar-refractivity contribution in [3.05, 3.63) is 34.9 Å². The summed E-state index contributed by atoms with van der Waals surface area (Å²) in [5.74, 6) is 0. The molecule has 0 spiro atoms. The Morgan fingerprint density at radius 3 is 2.68 bits per heavy atom. The van der Waals surface area contributed by atoms with Gasteiger partial charge in [0.1, 0.15) is 0 Å². The summed E-state index contributed by atoms with van der Waals surface area (Å²) in [7, 11) is 1.65. The molecule has 0 amide bonds. The smallest absolute Gasteiger partial charge is 0.187 e. The van der Waals surface area contributed by atoms with Gasteiger partial charge in [-0.15, -0.1) is 0 Å². The highest BCUT2D eigenvalue weighted by molar-refractivity contribution is 7.80. The van der Waals surface area contributed by atoms with Gasteiger partial charge in [-0.3, -0.25) is 5.43 Å². The van der Waals surface area contributed by atoms with Crippen molar-refractivity contribution in [2.24, 2.45) is 5.10 Å². The van der Waals surface area contributed by atoms with Crippen molar-refractivity contribution >= 4 is 23.0 Å². The first-order valence-corrected chi connectivity index (χ1v) is 6.60. The van der Waals surface area contributed by atoms with Gasteiger partial charge in [-0.05, 0) is 55.7 Å². The summed E-state index contributed by atoms with van der Waals surface area (Å²) in [5, 5.41) is 7.77. The zero-order chi connectivity index (χ0) is 14.3. The Balaban J connectivity index is 2.56. The fourth-order valence-electron chi connectivity index (χ4n) is 1.47. The normalized spacial score (nSPS) is 11.3. The first kappa shape index (κ1) is 15.6. The number of ether oxygens (including phenoxy) is 1. The number of aryl methyl sites for hydroxylation is 2. The minimum absolute atomic E-state index is 0.500. The van der Waals surface area contributed by atoms with E-state index in [-0.39, 0.29) is 0 Å². The van der Waals surface area contributed by atoms with Crippen molar-refractivity contribution < 1.29 is 4.74 Å². The number of methoxy groups -OCH3 is 1. The van der Waals surface area contributed by atoms with Crippen molar-refractivity contribution in [2.45, 2.75) is 20.8 Å². The van der Waals surface area contributed by atoms with Gasteiger partial charge in [0, 0.05) is 13.7 Å². The fraction of sp³-hybridized carbons (Fsp3) is 0.429. The van der Waals surface area contributed by atoms with E-state index in [0.717, 1.165) is 11.3 Å². The van der Waals surface area contributed by atoms with Gasteiger partial charge in [-0.25, -0.2) is 0 Å². The van der Waals surface area contributed by atoms with Crippen molar-refractivity contribution in [1.82, 2.24) is 10.7 Å². The molecule has 0 saturated carbocycles. The molecule has 1 aromatic rings. The van der Waals surface area contributed by atoms with Crippen LogP contribution in [0.4, 0.5) is 0 Å². The number of nitrogens with zero attached hydrogens (tertiary/aromatic N) is 1. The van der Waals surface area contributed by atoms with Crippen LogP contribution >= 0.6 is 12.2 Å². The molecular weight excluding hydrogens is 258 g/mol. The van der Waals surface area contributed by atoms with Crippen LogP contribution in [0.25, 0.3) is 0 Å². The van der Waals surface area contributed by atoms with Crippen LogP contribution in [0.2, 0.25) is 0 Å². The molecule has 4 nitrogen and oxygen atoms in total. The number of hydrogen-bond acceptors (Lipinski definition) is 3. The Morgan fingerprint density at radius 2 is 2.05 bits per heavy atom. The van der Waals surface area contributed by atoms with Crippen molar-refractivity contribution in [2.75, 3.05) is 20.3 Å². The maximum Gasteiger partial charge on any atom is 0.187 e. The van der Waals surface area contributed by atoms with E-state index in [1.807, 2.05) is 6.92 Å². The molecule has 0 aliphatic rings. The Labute approximate surface area is 120 Å². The van der Waals surface area contributed by atoms with Crippen LogP contribution in [-0.2, 0) is 4.74 Å². The molecule has 0 radical (unpaired) electrons. The molecule has 0 saturated heterocycles. The van der Waals surface area contributed by atoms with E-state index in [0.29, 0.717) is 18.3 Å². The van der Waals surface area contributed by atoms with Crippen molar-refractivity contribution in [3.63, 3.8) is 0 Å². The monoisotopic (exact) mass is 279 g/mol. The van der Waals surface area contributed by atoms with Gasteiger partial charge < -0.3 is 10.1 Å². The van der Waals surface area contributed by atoms with Crippen LogP contribution in [0.3, 0.4) is 0 Å². The second kappa shape index (κ2) is 7.86. The lowest BCUT2D eigenvalue weighted by Crippen LogP contribution is -2.34. The minimum atomic E-state index is 0.500. The molecule has 1 aromatic carbocycles. The summed E-state index contributed by atoms with van der Waals surface area (Å²) in [5.41, 5.74) is 7.36. The van der Waals surface area contributed by atoms with Crippen LogP contribution in [-0.4, -0.2) is 31.1 Å². The Bertz CT molecular complexity index is 472. The molecule has 0 aromatic heterocycles. The lowest BCUT2D eigenvalue weighted by Gasteiger charge is -2.08. The van der Waals surface area contributed by atoms with E-state index in [2.05, 4.69) is 47.9 Å². The average molecular weight is 279 g/mol. The summed E-state index contributed by atoms with van der Waals surface area (Å²) < 4.78 is 4.93. The maximum atomic E-state index is 5.10. The molecular formula is C14H21N3OS. The summed E-state index contributed by atoms with van der Waals surface area (Å²) in [6.45, 7) is 7.42. The molecule has 104 valence electrons. The maximum absolute atomic E-state index is 5.10. The van der Waals surface area contributed by atoms with Crippen LogP contribution < -0.4 is 10.7 Å². The Kier molecular flexibility index (Phi) is 6.45. The second-order valence-electron chi connectivity index (χ2n) is 4.36. The third-order valence-corrected chi connectivity index (χ3v) is 3.08. The quantitative estimate of drug-likeness (QED) is 0.375.